The van der Waals surface area contributed by atoms with Crippen molar-refractivity contribution in [1.82, 2.24) is 25.2 Å². The minimum Gasteiger partial charge on any atom is -0.471 e. The van der Waals surface area contributed by atoms with Gasteiger partial charge in [-0.1, -0.05) is 31.1 Å². The van der Waals surface area contributed by atoms with Crippen LogP contribution in [0.15, 0.2) is 41.8 Å². The molecule has 14 nitrogen and oxygen atoms in total. The van der Waals surface area contributed by atoms with Crippen molar-refractivity contribution < 1.29 is 33.4 Å². The molecule has 2 unspecified atom stereocenters. The summed E-state index contributed by atoms with van der Waals surface area (Å²) >= 11 is 1.43. The van der Waals surface area contributed by atoms with Gasteiger partial charge in [-0.2, -0.15) is 4.98 Å². The molecule has 2 saturated carbocycles. The summed E-state index contributed by atoms with van der Waals surface area (Å²) in [7, 11) is 1.41. The van der Waals surface area contributed by atoms with Gasteiger partial charge in [0.05, 0.1) is 25.1 Å². The number of thiophene rings is 1. The van der Waals surface area contributed by atoms with Crippen molar-refractivity contribution in [2.45, 2.75) is 115 Å². The predicted octanol–water partition coefficient (Wildman–Crippen LogP) is 5.76. The Balaban J connectivity index is 1.12. The van der Waals surface area contributed by atoms with Gasteiger partial charge in [-0.3, -0.25) is 14.4 Å². The number of anilines is 1. The molecule has 5 atom stereocenters. The summed E-state index contributed by atoms with van der Waals surface area (Å²) in [5.41, 5.74) is 7.14. The molecule has 3 aliphatic rings. The number of alkyl carbamates (subject to hydrolysis) is 1. The summed E-state index contributed by atoms with van der Waals surface area (Å²) < 4.78 is 17.7. The third-order valence-electron chi connectivity index (χ3n) is 10.1. The summed E-state index contributed by atoms with van der Waals surface area (Å²) in [4.78, 5) is 67.3. The molecule has 1 saturated heterocycles. The molecule has 4 heterocycles. The monoisotopic (exact) mass is 761 g/mol. The zero-order valence-corrected chi connectivity index (χ0v) is 32.0. The lowest BCUT2D eigenvalue weighted by atomic mass is 10.0. The van der Waals surface area contributed by atoms with Crippen LogP contribution in [0.4, 0.5) is 10.6 Å². The average molecular weight is 762 g/mol. The minimum atomic E-state index is -0.931. The summed E-state index contributed by atoms with van der Waals surface area (Å²) in [5.74, 6) is 0.420. The number of carbonyl (C=O) groups excluding carboxylic acids is 4. The van der Waals surface area contributed by atoms with Crippen LogP contribution in [0, 0.1) is 11.8 Å². The highest BCUT2D eigenvalue weighted by atomic mass is 32.1. The number of carbonyl (C=O) groups is 4. The molecule has 3 fully saturated rings. The molecule has 54 heavy (non-hydrogen) atoms. The molecule has 0 aromatic carbocycles. The fourth-order valence-corrected chi connectivity index (χ4v) is 7.98. The highest BCUT2D eigenvalue weighted by molar-refractivity contribution is 7.17. The zero-order valence-electron chi connectivity index (χ0n) is 31.2. The second-order valence-electron chi connectivity index (χ2n) is 14.7. The average Bonchev–Trinajstić information content (AvgIpc) is 3.50. The fraction of sp³-hybridized carbons (Fsp3) is 0.564. The van der Waals surface area contributed by atoms with Gasteiger partial charge in [0.2, 0.25) is 17.7 Å². The molecule has 15 heteroatoms. The van der Waals surface area contributed by atoms with E-state index in [-0.39, 0.29) is 42.9 Å². The number of nitrogens with zero attached hydrogens (tertiary/aromatic N) is 4. The molecule has 4 N–H and O–H groups in total. The van der Waals surface area contributed by atoms with E-state index in [9.17, 15) is 19.2 Å². The highest BCUT2D eigenvalue weighted by Crippen LogP contribution is 2.40. The molecular weight excluding hydrogens is 711 g/mol. The molecule has 6 rings (SSSR count). The number of hydrogen-bond acceptors (Lipinski definition) is 12. The normalized spacial score (nSPS) is 21.7. The fourth-order valence-electron chi connectivity index (χ4n) is 7.22. The molecule has 3 aromatic heterocycles. The Morgan fingerprint density at radius 3 is 2.61 bits per heavy atom. The van der Waals surface area contributed by atoms with E-state index in [1.54, 1.807) is 0 Å². The van der Waals surface area contributed by atoms with Crippen molar-refractivity contribution in [3.8, 4) is 17.4 Å². The van der Waals surface area contributed by atoms with Crippen molar-refractivity contribution in [3.63, 3.8) is 0 Å². The number of nitrogens with two attached hydrogens (primary N) is 1. The number of pyridine rings is 1. The standard InChI is InChI=1S/C39H51N7O7S/c1-23(2)41-32-17-11-16-29(42-32)35-43-28-18-19-54-33(28)36(45-35)52-26-21-31(34(40)47)46(22-26)37(48)30(44-39(50)53-25-13-9-10-14-25)15-8-6-4-5-7-12-24-20-27(24)38(49)51-3/h7,11-12,16-19,23-27,30-31H,4-6,8-10,13-15,20-22H2,1-3H3,(H2,40,47)(H,41,42)(H,44,50)/b12-7-/t24-,26?,27+,30?,31+/m1/s1. The minimum absolute atomic E-state index is 0.0321. The second-order valence-corrected chi connectivity index (χ2v) is 15.6. The van der Waals surface area contributed by atoms with Gasteiger partial charge in [-0.05, 0) is 94.7 Å². The lowest BCUT2D eigenvalue weighted by Crippen LogP contribution is -2.53. The number of allylic oxidation sites excluding steroid dienone is 2. The third-order valence-corrected chi connectivity index (χ3v) is 11.0. The Morgan fingerprint density at radius 2 is 1.85 bits per heavy atom. The Kier molecular flexibility index (Phi) is 13.0. The predicted molar refractivity (Wildman–Crippen MR) is 205 cm³/mol. The maximum Gasteiger partial charge on any atom is 0.408 e. The molecule has 3 amide bonds. The number of primary amides is 1. The number of nitrogens with one attached hydrogen (secondary N) is 2. The summed E-state index contributed by atoms with van der Waals surface area (Å²) in [5, 5.41) is 8.02. The maximum absolute atomic E-state index is 14.2. The summed E-state index contributed by atoms with van der Waals surface area (Å²) in [6, 6.07) is 5.83. The first-order valence-electron chi connectivity index (χ1n) is 19.1. The van der Waals surface area contributed by atoms with E-state index in [4.69, 9.17) is 34.9 Å². The van der Waals surface area contributed by atoms with Gasteiger partial charge in [-0.25, -0.2) is 14.8 Å². The number of likely N-dealkylation sites (tertiary alicyclic amines) is 1. The van der Waals surface area contributed by atoms with E-state index in [2.05, 4.69) is 22.8 Å². The molecule has 0 bridgehead atoms. The van der Waals surface area contributed by atoms with Crippen LogP contribution in [0.5, 0.6) is 5.88 Å². The van der Waals surface area contributed by atoms with Crippen LogP contribution in [0.1, 0.15) is 84.5 Å². The first kappa shape index (κ1) is 38.9. The van der Waals surface area contributed by atoms with Gasteiger partial charge in [0.15, 0.2) is 5.82 Å². The Hall–Kier alpha value is -4.79. The number of fused-ring (bicyclic) bond motifs is 1. The van der Waals surface area contributed by atoms with Crippen LogP contribution in [-0.4, -0.2) is 87.7 Å². The number of ether oxygens (including phenoxy) is 3. The van der Waals surface area contributed by atoms with Crippen molar-refractivity contribution in [3.05, 3.63) is 41.8 Å². The number of unbranched alkanes of at least 4 members (excludes halogenated alkanes) is 3. The molecular formula is C39H51N7O7S. The molecule has 1 aliphatic heterocycles. The van der Waals surface area contributed by atoms with Gasteiger partial charge in [0, 0.05) is 12.5 Å². The van der Waals surface area contributed by atoms with E-state index in [1.807, 2.05) is 43.5 Å². The lowest BCUT2D eigenvalue weighted by Gasteiger charge is -2.28. The Bertz CT molecular complexity index is 1830. The number of methoxy groups -OCH3 is 1. The maximum atomic E-state index is 14.2. The van der Waals surface area contributed by atoms with Crippen LogP contribution in [-0.2, 0) is 23.9 Å². The van der Waals surface area contributed by atoms with Crippen molar-refractivity contribution in [1.29, 1.82) is 0 Å². The van der Waals surface area contributed by atoms with Crippen molar-refractivity contribution in [2.24, 2.45) is 17.6 Å². The first-order chi connectivity index (χ1) is 26.1. The Morgan fingerprint density at radius 1 is 1.04 bits per heavy atom. The third kappa shape index (κ3) is 10.0. The topological polar surface area (TPSA) is 188 Å². The van der Waals surface area contributed by atoms with Gasteiger partial charge in [-0.15, -0.1) is 11.3 Å². The number of esters is 1. The van der Waals surface area contributed by atoms with Crippen molar-refractivity contribution in [2.75, 3.05) is 19.0 Å². The van der Waals surface area contributed by atoms with Crippen LogP contribution in [0.2, 0.25) is 0 Å². The van der Waals surface area contributed by atoms with Gasteiger partial charge >= 0.3 is 12.1 Å². The number of amides is 3. The number of rotatable bonds is 17. The van der Waals surface area contributed by atoms with Crippen LogP contribution in [0.25, 0.3) is 21.7 Å². The van der Waals surface area contributed by atoms with Crippen LogP contribution < -0.4 is 21.1 Å². The lowest BCUT2D eigenvalue weighted by molar-refractivity contribution is -0.142. The Labute approximate surface area is 319 Å². The zero-order chi connectivity index (χ0) is 38.2. The SMILES string of the molecule is COC(=O)[C@H]1C[C@H]1/C=C\CCCCCC(NC(=O)OC1CCCC1)C(=O)N1CC(Oc2nc(-c3cccc(NC(C)C)n3)nc3ccsc23)C[C@H]1C(N)=O. The summed E-state index contributed by atoms with van der Waals surface area (Å²) in [6.07, 6.45) is 10.9. The number of aromatic nitrogens is 3. The van der Waals surface area contributed by atoms with E-state index in [0.717, 1.165) is 56.1 Å². The molecule has 0 radical (unpaired) electrons. The van der Waals surface area contributed by atoms with E-state index >= 15 is 0 Å². The summed E-state index contributed by atoms with van der Waals surface area (Å²) in [6.45, 7) is 4.15. The van der Waals surface area contributed by atoms with E-state index in [0.29, 0.717) is 41.6 Å². The number of hydrogen-bond donors (Lipinski definition) is 3. The second kappa shape index (κ2) is 18.0. The smallest absolute Gasteiger partial charge is 0.408 e. The molecule has 0 spiro atoms. The van der Waals surface area contributed by atoms with Crippen LogP contribution >= 0.6 is 11.3 Å². The largest absolute Gasteiger partial charge is 0.471 e. The van der Waals surface area contributed by atoms with E-state index in [1.165, 1.54) is 23.3 Å². The molecule has 2 aliphatic carbocycles. The quantitative estimate of drug-likeness (QED) is 0.0862. The van der Waals surface area contributed by atoms with Gasteiger partial charge in [0.1, 0.15) is 40.5 Å². The molecule has 290 valence electrons. The first-order valence-corrected chi connectivity index (χ1v) is 19.9. The van der Waals surface area contributed by atoms with E-state index < -0.39 is 36.1 Å². The van der Waals surface area contributed by atoms with Gasteiger partial charge in [0.25, 0.3) is 0 Å². The highest BCUT2D eigenvalue weighted by Gasteiger charge is 2.43. The van der Waals surface area contributed by atoms with Crippen LogP contribution in [0.3, 0.4) is 0 Å². The van der Waals surface area contributed by atoms with Gasteiger partial charge < -0.3 is 35.5 Å². The van der Waals surface area contributed by atoms with Crippen molar-refractivity contribution >= 4 is 51.2 Å². The molecule has 3 aromatic rings.